The standard InChI is InChI=1S/C10H9BrN4O2S2/c1-2-5-8(19-15-12-5)10(17)14-13-9(16)6-3-4-7(11)18-6/h3-4H,2H2,1H3,(H,13,16)(H,14,17). The summed E-state index contributed by atoms with van der Waals surface area (Å²) in [5, 5.41) is 3.84. The third-order valence-corrected chi connectivity index (χ3v) is 4.57. The zero-order valence-corrected chi connectivity index (χ0v) is 13.0. The van der Waals surface area contributed by atoms with Gasteiger partial charge in [0.1, 0.15) is 4.88 Å². The molecular weight excluding hydrogens is 352 g/mol. The lowest BCUT2D eigenvalue weighted by molar-refractivity contribution is 0.0850. The average molecular weight is 361 g/mol. The third kappa shape index (κ3) is 3.37. The predicted octanol–water partition coefficient (Wildman–Crippen LogP) is 2.00. The van der Waals surface area contributed by atoms with Gasteiger partial charge in [0.2, 0.25) is 0 Å². The minimum absolute atomic E-state index is 0.362. The summed E-state index contributed by atoms with van der Waals surface area (Å²) in [6.07, 6.45) is 0.616. The van der Waals surface area contributed by atoms with Crippen molar-refractivity contribution in [2.45, 2.75) is 13.3 Å². The van der Waals surface area contributed by atoms with Gasteiger partial charge in [-0.2, -0.15) is 0 Å². The highest BCUT2D eigenvalue weighted by molar-refractivity contribution is 9.11. The molecule has 2 N–H and O–H groups in total. The molecule has 0 radical (unpaired) electrons. The molecule has 0 aromatic carbocycles. The molecule has 0 bridgehead atoms. The monoisotopic (exact) mass is 360 g/mol. The molecule has 2 amide bonds. The molecule has 0 atom stereocenters. The molecule has 19 heavy (non-hydrogen) atoms. The first-order valence-corrected chi connectivity index (χ1v) is 7.67. The molecular formula is C10H9BrN4O2S2. The summed E-state index contributed by atoms with van der Waals surface area (Å²) in [5.41, 5.74) is 5.33. The number of nitrogens with one attached hydrogen (secondary N) is 2. The Morgan fingerprint density at radius 1 is 1.32 bits per heavy atom. The van der Waals surface area contributed by atoms with Crippen LogP contribution in [0.2, 0.25) is 0 Å². The number of aromatic nitrogens is 2. The van der Waals surface area contributed by atoms with Crippen molar-refractivity contribution >= 4 is 50.6 Å². The van der Waals surface area contributed by atoms with Gasteiger partial charge in [-0.3, -0.25) is 20.4 Å². The van der Waals surface area contributed by atoms with Crippen molar-refractivity contribution in [2.75, 3.05) is 0 Å². The van der Waals surface area contributed by atoms with Gasteiger partial charge in [-0.15, -0.1) is 16.4 Å². The van der Waals surface area contributed by atoms with Crippen LogP contribution in [0.3, 0.4) is 0 Å². The van der Waals surface area contributed by atoms with Crippen LogP contribution in [-0.2, 0) is 6.42 Å². The molecule has 0 aliphatic rings. The first kappa shape index (κ1) is 14.1. The van der Waals surface area contributed by atoms with E-state index in [1.165, 1.54) is 11.3 Å². The number of carbonyl (C=O) groups excluding carboxylic acids is 2. The lowest BCUT2D eigenvalue weighted by atomic mass is 10.3. The van der Waals surface area contributed by atoms with E-state index in [0.29, 0.717) is 21.9 Å². The van der Waals surface area contributed by atoms with Crippen LogP contribution in [-0.4, -0.2) is 21.4 Å². The van der Waals surface area contributed by atoms with Crippen molar-refractivity contribution in [3.63, 3.8) is 0 Å². The van der Waals surface area contributed by atoms with E-state index in [-0.39, 0.29) is 5.91 Å². The van der Waals surface area contributed by atoms with E-state index in [4.69, 9.17) is 0 Å². The van der Waals surface area contributed by atoms with Gasteiger partial charge in [0.15, 0.2) is 0 Å². The number of amides is 2. The summed E-state index contributed by atoms with van der Waals surface area (Å²) in [4.78, 5) is 24.5. The lowest BCUT2D eigenvalue weighted by Gasteiger charge is -2.04. The fraction of sp³-hybridized carbons (Fsp3) is 0.200. The summed E-state index contributed by atoms with van der Waals surface area (Å²) >= 11 is 5.56. The Morgan fingerprint density at radius 2 is 2.05 bits per heavy atom. The average Bonchev–Trinajstić information content (AvgIpc) is 3.03. The Kier molecular flexibility index (Phi) is 4.61. The summed E-state index contributed by atoms with van der Waals surface area (Å²) in [5.74, 6) is -0.768. The highest BCUT2D eigenvalue weighted by Gasteiger charge is 2.16. The molecule has 0 saturated heterocycles. The van der Waals surface area contributed by atoms with Gasteiger partial charge in [-0.05, 0) is 46.0 Å². The number of thiophene rings is 1. The summed E-state index contributed by atoms with van der Waals surface area (Å²) in [6, 6.07) is 3.44. The van der Waals surface area contributed by atoms with Crippen LogP contribution in [0.4, 0.5) is 0 Å². The fourth-order valence-corrected chi connectivity index (χ4v) is 3.21. The molecule has 0 aliphatic carbocycles. The highest BCUT2D eigenvalue weighted by Crippen LogP contribution is 2.21. The van der Waals surface area contributed by atoms with E-state index < -0.39 is 5.91 Å². The van der Waals surface area contributed by atoms with Crippen molar-refractivity contribution in [1.29, 1.82) is 0 Å². The Hall–Kier alpha value is -1.32. The first-order chi connectivity index (χ1) is 9.11. The molecule has 0 unspecified atom stereocenters. The van der Waals surface area contributed by atoms with Crippen LogP contribution >= 0.6 is 38.8 Å². The van der Waals surface area contributed by atoms with Crippen LogP contribution < -0.4 is 10.9 Å². The van der Waals surface area contributed by atoms with Crippen molar-refractivity contribution in [3.05, 3.63) is 31.4 Å². The SMILES string of the molecule is CCc1nnsc1C(=O)NNC(=O)c1ccc(Br)s1. The Labute approximate surface area is 125 Å². The van der Waals surface area contributed by atoms with Crippen LogP contribution in [0.1, 0.15) is 32.0 Å². The number of hydrogen-bond donors (Lipinski definition) is 2. The first-order valence-electron chi connectivity index (χ1n) is 5.29. The van der Waals surface area contributed by atoms with Crippen LogP contribution in [0.15, 0.2) is 15.9 Å². The number of hydrazine groups is 1. The molecule has 6 nitrogen and oxygen atoms in total. The summed E-state index contributed by atoms with van der Waals surface area (Å²) in [7, 11) is 0. The van der Waals surface area contributed by atoms with Crippen LogP contribution in [0, 0.1) is 0 Å². The number of carbonyl (C=O) groups is 2. The van der Waals surface area contributed by atoms with E-state index in [2.05, 4.69) is 36.4 Å². The minimum atomic E-state index is -0.407. The van der Waals surface area contributed by atoms with Gasteiger partial charge >= 0.3 is 0 Å². The molecule has 2 aromatic heterocycles. The number of halogens is 1. The predicted molar refractivity (Wildman–Crippen MR) is 76.2 cm³/mol. The second kappa shape index (κ2) is 6.22. The van der Waals surface area contributed by atoms with Gasteiger partial charge < -0.3 is 0 Å². The third-order valence-electron chi connectivity index (χ3n) is 2.18. The van der Waals surface area contributed by atoms with Gasteiger partial charge in [0.25, 0.3) is 11.8 Å². The molecule has 2 rings (SSSR count). The van der Waals surface area contributed by atoms with Crippen LogP contribution in [0.25, 0.3) is 0 Å². The summed E-state index contributed by atoms with van der Waals surface area (Å²) in [6.45, 7) is 1.88. The maximum Gasteiger partial charge on any atom is 0.283 e. The quantitative estimate of drug-likeness (QED) is 0.819. The van der Waals surface area contributed by atoms with Crippen molar-refractivity contribution in [3.8, 4) is 0 Å². The molecule has 100 valence electrons. The van der Waals surface area contributed by atoms with Crippen LogP contribution in [0.5, 0.6) is 0 Å². The lowest BCUT2D eigenvalue weighted by Crippen LogP contribution is -2.41. The van der Waals surface area contributed by atoms with E-state index in [1.54, 1.807) is 12.1 Å². The van der Waals surface area contributed by atoms with E-state index in [9.17, 15) is 9.59 Å². The number of rotatable bonds is 3. The maximum atomic E-state index is 11.8. The molecule has 2 aromatic rings. The molecule has 9 heteroatoms. The Morgan fingerprint density at radius 3 is 2.68 bits per heavy atom. The molecule has 0 aliphatic heterocycles. The van der Waals surface area contributed by atoms with E-state index in [1.807, 2.05) is 6.92 Å². The molecule has 0 fully saturated rings. The Bertz CT molecular complexity index is 610. The number of hydrogen-bond acceptors (Lipinski definition) is 6. The van der Waals surface area contributed by atoms with Crippen molar-refractivity contribution in [2.24, 2.45) is 0 Å². The normalized spacial score (nSPS) is 10.2. The zero-order valence-electron chi connectivity index (χ0n) is 9.77. The second-order valence-electron chi connectivity index (χ2n) is 3.41. The largest absolute Gasteiger partial charge is 0.283 e. The van der Waals surface area contributed by atoms with Gasteiger partial charge in [-0.25, -0.2) is 0 Å². The Balaban J connectivity index is 1.96. The fourth-order valence-electron chi connectivity index (χ4n) is 1.28. The summed E-state index contributed by atoms with van der Waals surface area (Å²) < 4.78 is 4.57. The van der Waals surface area contributed by atoms with Crippen molar-refractivity contribution < 1.29 is 9.59 Å². The number of nitrogens with zero attached hydrogens (tertiary/aromatic N) is 2. The molecule has 0 saturated carbocycles. The molecule has 2 heterocycles. The molecule has 0 spiro atoms. The maximum absolute atomic E-state index is 11.8. The van der Waals surface area contributed by atoms with Gasteiger partial charge in [0, 0.05) is 0 Å². The van der Waals surface area contributed by atoms with Gasteiger partial charge in [0.05, 0.1) is 14.4 Å². The highest BCUT2D eigenvalue weighted by atomic mass is 79.9. The second-order valence-corrected chi connectivity index (χ2v) is 6.63. The van der Waals surface area contributed by atoms with Crippen molar-refractivity contribution in [1.82, 2.24) is 20.4 Å². The minimum Gasteiger partial charge on any atom is -0.266 e. The smallest absolute Gasteiger partial charge is 0.266 e. The van der Waals surface area contributed by atoms with E-state index in [0.717, 1.165) is 15.3 Å². The van der Waals surface area contributed by atoms with E-state index >= 15 is 0 Å². The topological polar surface area (TPSA) is 84.0 Å². The number of aryl methyl sites for hydroxylation is 1. The van der Waals surface area contributed by atoms with Gasteiger partial charge in [-0.1, -0.05) is 11.4 Å². The zero-order chi connectivity index (χ0) is 13.8.